The van der Waals surface area contributed by atoms with E-state index in [9.17, 15) is 4.79 Å². The maximum Gasteiger partial charge on any atom is 0.230 e. The van der Waals surface area contributed by atoms with Gasteiger partial charge in [0.15, 0.2) is 0 Å². The largest absolute Gasteiger partial charge is 0.497 e. The van der Waals surface area contributed by atoms with Crippen molar-refractivity contribution in [3.05, 3.63) is 53.9 Å². The van der Waals surface area contributed by atoms with E-state index in [2.05, 4.69) is 16.8 Å². The maximum absolute atomic E-state index is 13.1. The van der Waals surface area contributed by atoms with Gasteiger partial charge in [-0.25, -0.2) is 0 Å². The quantitative estimate of drug-likeness (QED) is 0.791. The van der Waals surface area contributed by atoms with Gasteiger partial charge in [-0.05, 0) is 43.7 Å². The number of carbonyl (C=O) groups is 1. The summed E-state index contributed by atoms with van der Waals surface area (Å²) in [6.45, 7) is 5.27. The van der Waals surface area contributed by atoms with Crippen LogP contribution in [0.15, 0.2) is 42.6 Å². The topological polar surface area (TPSA) is 34.5 Å². The molecule has 0 fully saturated rings. The van der Waals surface area contributed by atoms with E-state index in [-0.39, 0.29) is 11.9 Å². The average molecular weight is 347 g/mol. The fraction of sp³-hybridized carbons (Fsp3) is 0.421. The second-order valence-electron chi connectivity index (χ2n) is 6.82. The van der Waals surface area contributed by atoms with Crippen molar-refractivity contribution in [2.75, 3.05) is 19.5 Å². The maximum atomic E-state index is 13.1. The number of aromatic nitrogens is 1. The lowest BCUT2D eigenvalue weighted by Crippen LogP contribution is -2.48. The summed E-state index contributed by atoms with van der Waals surface area (Å²) in [5.74, 6) is 1.17. The molecule has 5 heteroatoms. The van der Waals surface area contributed by atoms with Gasteiger partial charge in [0.1, 0.15) is 5.75 Å². The van der Waals surface area contributed by atoms with Crippen LogP contribution in [0.2, 0.25) is 0 Å². The van der Waals surface area contributed by atoms with Crippen LogP contribution in [0.4, 0.5) is 0 Å². The highest BCUT2D eigenvalue weighted by Crippen LogP contribution is 2.36. The first-order valence-electron chi connectivity index (χ1n) is 8.14. The first-order valence-corrected chi connectivity index (χ1v) is 8.67. The molecule has 0 saturated heterocycles. The van der Waals surface area contributed by atoms with Crippen molar-refractivity contribution in [3.8, 4) is 5.75 Å². The van der Waals surface area contributed by atoms with Crippen molar-refractivity contribution in [3.63, 3.8) is 0 Å². The Bertz CT molecular complexity index is 738. The number of fused-ring (bicyclic) bond motifs is 1. The number of halogens is 1. The number of carbonyl (C=O) groups excluding carboxylic acids is 1. The van der Waals surface area contributed by atoms with Gasteiger partial charge >= 0.3 is 0 Å². The molecule has 0 spiro atoms. The van der Waals surface area contributed by atoms with E-state index in [0.717, 1.165) is 23.6 Å². The lowest BCUT2D eigenvalue weighted by Gasteiger charge is -2.41. The molecule has 1 aliphatic heterocycles. The lowest BCUT2D eigenvalue weighted by molar-refractivity contribution is -0.142. The number of ether oxygens (including phenoxy) is 1. The third kappa shape index (κ3) is 2.91. The second kappa shape index (κ2) is 6.52. The zero-order valence-corrected chi connectivity index (χ0v) is 15.1. The first-order chi connectivity index (χ1) is 11.5. The molecule has 2 heterocycles. The third-order valence-corrected chi connectivity index (χ3v) is 5.29. The van der Waals surface area contributed by atoms with Gasteiger partial charge < -0.3 is 14.2 Å². The molecule has 1 aliphatic rings. The lowest BCUT2D eigenvalue weighted by atomic mass is 9.91. The molecule has 4 nitrogen and oxygen atoms in total. The number of nitrogens with zero attached hydrogens (tertiary/aromatic N) is 2. The van der Waals surface area contributed by atoms with Gasteiger partial charge in [-0.2, -0.15) is 0 Å². The fourth-order valence-corrected chi connectivity index (χ4v) is 3.32. The zero-order valence-electron chi connectivity index (χ0n) is 14.3. The summed E-state index contributed by atoms with van der Waals surface area (Å²) in [6, 6.07) is 11.9. The van der Waals surface area contributed by atoms with Crippen LogP contribution in [0.5, 0.6) is 5.75 Å². The van der Waals surface area contributed by atoms with Crippen molar-refractivity contribution < 1.29 is 9.53 Å². The highest BCUT2D eigenvalue weighted by molar-refractivity contribution is 6.19. The Kier molecular flexibility index (Phi) is 4.59. The van der Waals surface area contributed by atoms with E-state index in [4.69, 9.17) is 16.3 Å². The molecule has 3 rings (SSSR count). The van der Waals surface area contributed by atoms with Gasteiger partial charge in [0, 0.05) is 30.9 Å². The highest BCUT2D eigenvalue weighted by Gasteiger charge is 2.38. The molecule has 0 N–H and O–H groups in total. The Morgan fingerprint density at radius 1 is 1.29 bits per heavy atom. The predicted molar refractivity (Wildman–Crippen MR) is 95.5 cm³/mol. The van der Waals surface area contributed by atoms with Gasteiger partial charge in [0.05, 0.1) is 18.6 Å². The molecule has 1 aromatic carbocycles. The molecule has 1 amide bonds. The molecule has 1 atom stereocenters. The Morgan fingerprint density at radius 3 is 2.79 bits per heavy atom. The van der Waals surface area contributed by atoms with Gasteiger partial charge in [0.2, 0.25) is 5.91 Å². The molecule has 128 valence electrons. The van der Waals surface area contributed by atoms with Crippen LogP contribution in [0.25, 0.3) is 0 Å². The molecule has 1 unspecified atom stereocenters. The minimum Gasteiger partial charge on any atom is -0.497 e. The second-order valence-corrected chi connectivity index (χ2v) is 7.09. The summed E-state index contributed by atoms with van der Waals surface area (Å²) in [5.41, 5.74) is 1.58. The summed E-state index contributed by atoms with van der Waals surface area (Å²) >= 11 is 6.06. The zero-order chi connectivity index (χ0) is 17.3. The van der Waals surface area contributed by atoms with E-state index < -0.39 is 5.41 Å². The molecule has 2 aromatic rings. The minimum atomic E-state index is -0.590. The van der Waals surface area contributed by atoms with Crippen LogP contribution >= 0.6 is 11.6 Å². The Balaban J connectivity index is 2.07. The minimum absolute atomic E-state index is 0.0813. The SMILES string of the molecule is COc1cccc(C2c3cccn3CCN2C(=O)C(C)(C)CCl)c1. The Morgan fingerprint density at radius 2 is 2.08 bits per heavy atom. The molecule has 0 saturated carbocycles. The van der Waals surface area contributed by atoms with E-state index in [1.165, 1.54) is 0 Å². The number of methoxy groups -OCH3 is 1. The van der Waals surface area contributed by atoms with Gasteiger partial charge in [-0.3, -0.25) is 4.79 Å². The smallest absolute Gasteiger partial charge is 0.230 e. The van der Waals surface area contributed by atoms with Gasteiger partial charge in [0.25, 0.3) is 0 Å². The van der Waals surface area contributed by atoms with E-state index in [1.54, 1.807) is 7.11 Å². The molecule has 1 aromatic heterocycles. The molecular weight excluding hydrogens is 324 g/mol. The van der Waals surface area contributed by atoms with E-state index >= 15 is 0 Å². The predicted octanol–water partition coefficient (Wildman–Crippen LogP) is 3.69. The number of hydrogen-bond donors (Lipinski definition) is 0. The Labute approximate surface area is 148 Å². The number of amides is 1. The normalized spacial score (nSPS) is 17.5. The number of alkyl halides is 1. The number of rotatable bonds is 4. The van der Waals surface area contributed by atoms with Crippen LogP contribution in [0.1, 0.15) is 31.1 Å². The monoisotopic (exact) mass is 346 g/mol. The summed E-state index contributed by atoms with van der Waals surface area (Å²) in [5, 5.41) is 0. The summed E-state index contributed by atoms with van der Waals surface area (Å²) in [6.07, 6.45) is 2.07. The first kappa shape index (κ1) is 16.9. The standard InChI is InChI=1S/C19H23ClN2O2/c1-19(2,13-20)18(23)22-11-10-21-9-5-8-16(21)17(22)14-6-4-7-15(12-14)24-3/h4-9,12,17H,10-11,13H2,1-3H3. The Hall–Kier alpha value is -1.94. The van der Waals surface area contributed by atoms with Crippen LogP contribution in [0.3, 0.4) is 0 Å². The number of benzene rings is 1. The molecule has 0 radical (unpaired) electrons. The van der Waals surface area contributed by atoms with Crippen molar-refractivity contribution in [1.29, 1.82) is 0 Å². The van der Waals surface area contributed by atoms with Crippen molar-refractivity contribution >= 4 is 17.5 Å². The number of hydrogen-bond acceptors (Lipinski definition) is 2. The third-order valence-electron chi connectivity index (χ3n) is 4.62. The van der Waals surface area contributed by atoms with Crippen LogP contribution in [0, 0.1) is 5.41 Å². The van der Waals surface area contributed by atoms with Crippen molar-refractivity contribution in [2.24, 2.45) is 5.41 Å². The van der Waals surface area contributed by atoms with Gasteiger partial charge in [-0.1, -0.05) is 12.1 Å². The summed E-state index contributed by atoms with van der Waals surface area (Å²) in [7, 11) is 1.65. The van der Waals surface area contributed by atoms with Crippen LogP contribution in [-0.4, -0.2) is 34.9 Å². The van der Waals surface area contributed by atoms with E-state index in [1.807, 2.05) is 49.1 Å². The fourth-order valence-electron chi connectivity index (χ4n) is 3.21. The van der Waals surface area contributed by atoms with Gasteiger partial charge in [-0.15, -0.1) is 11.6 Å². The average Bonchev–Trinajstić information content (AvgIpc) is 3.08. The van der Waals surface area contributed by atoms with Crippen molar-refractivity contribution in [2.45, 2.75) is 26.4 Å². The van der Waals surface area contributed by atoms with Crippen LogP contribution < -0.4 is 4.74 Å². The van der Waals surface area contributed by atoms with Crippen molar-refractivity contribution in [1.82, 2.24) is 9.47 Å². The molecule has 24 heavy (non-hydrogen) atoms. The summed E-state index contributed by atoms with van der Waals surface area (Å²) in [4.78, 5) is 15.1. The highest BCUT2D eigenvalue weighted by atomic mass is 35.5. The molecule has 0 aliphatic carbocycles. The van der Waals surface area contributed by atoms with Crippen LogP contribution in [-0.2, 0) is 11.3 Å². The molecular formula is C19H23ClN2O2. The summed E-state index contributed by atoms with van der Waals surface area (Å²) < 4.78 is 7.58. The molecule has 0 bridgehead atoms. The van der Waals surface area contributed by atoms with E-state index in [0.29, 0.717) is 12.4 Å².